The second-order valence-corrected chi connectivity index (χ2v) is 4.65. The summed E-state index contributed by atoms with van der Waals surface area (Å²) in [5.74, 6) is 0. The van der Waals surface area contributed by atoms with Crippen LogP contribution in [0.2, 0.25) is 0 Å². The van der Waals surface area contributed by atoms with Gasteiger partial charge < -0.3 is 29.9 Å². The molecule has 0 amide bonds. The zero-order valence-corrected chi connectivity index (χ0v) is 12.3. The molecule has 0 rings (SSSR count). The predicted octanol–water partition coefficient (Wildman–Crippen LogP) is -1.80. The number of aliphatic hydroxyl groups excluding tert-OH is 4. The van der Waals surface area contributed by atoms with Crippen LogP contribution in [0.15, 0.2) is 0 Å². The Morgan fingerprint density at radius 1 is 0.750 bits per heavy atom. The number of ether oxygens (including phenoxy) is 2. The zero-order chi connectivity index (χ0) is 15.4. The van der Waals surface area contributed by atoms with E-state index >= 15 is 0 Å². The van der Waals surface area contributed by atoms with Crippen LogP contribution < -0.4 is 0 Å². The molecule has 0 heterocycles. The van der Waals surface area contributed by atoms with Gasteiger partial charge in [0, 0.05) is 26.2 Å². The van der Waals surface area contributed by atoms with E-state index in [1.165, 1.54) is 0 Å². The van der Waals surface area contributed by atoms with E-state index in [4.69, 9.17) is 19.7 Å². The third-order valence-electron chi connectivity index (χ3n) is 2.88. The van der Waals surface area contributed by atoms with Gasteiger partial charge in [0.2, 0.25) is 0 Å². The Morgan fingerprint density at radius 2 is 1.10 bits per heavy atom. The van der Waals surface area contributed by atoms with E-state index < -0.39 is 0 Å². The predicted molar refractivity (Wildman–Crippen MR) is 72.6 cm³/mol. The molecule has 0 fully saturated rings. The topological polar surface area (TPSA) is 106 Å². The van der Waals surface area contributed by atoms with Crippen molar-refractivity contribution in [2.24, 2.45) is 0 Å². The van der Waals surface area contributed by atoms with E-state index in [2.05, 4.69) is 0 Å². The molecule has 0 radical (unpaired) electrons. The van der Waals surface area contributed by atoms with Crippen molar-refractivity contribution >= 4 is 0 Å². The highest BCUT2D eigenvalue weighted by Crippen LogP contribution is 1.99. The van der Waals surface area contributed by atoms with E-state index in [1.807, 2.05) is 0 Å². The lowest BCUT2D eigenvalue weighted by molar-refractivity contribution is -0.0693. The summed E-state index contributed by atoms with van der Waals surface area (Å²) in [6.45, 7) is 4.72. The molecule has 0 saturated heterocycles. The fourth-order valence-corrected chi connectivity index (χ4v) is 1.81. The number of aliphatic hydroxyl groups is 4. The molecule has 0 aliphatic carbocycles. The van der Waals surface area contributed by atoms with Gasteiger partial charge in [0.1, 0.15) is 13.6 Å². The Labute approximate surface area is 120 Å². The summed E-state index contributed by atoms with van der Waals surface area (Å²) in [4.78, 5) is 3.50. The first-order valence-corrected chi connectivity index (χ1v) is 6.68. The molecular formula is C12H28N2O6. The number of hydrogen-bond donors (Lipinski definition) is 4. The van der Waals surface area contributed by atoms with Crippen LogP contribution in [0, 0.1) is 0 Å². The van der Waals surface area contributed by atoms with Crippen molar-refractivity contribution in [3.8, 4) is 0 Å². The normalized spacial score (nSPS) is 15.0. The van der Waals surface area contributed by atoms with Gasteiger partial charge in [-0.3, -0.25) is 9.80 Å². The molecule has 0 aliphatic heterocycles. The van der Waals surface area contributed by atoms with Crippen molar-refractivity contribution in [3.05, 3.63) is 0 Å². The Balaban J connectivity index is 4.04. The summed E-state index contributed by atoms with van der Waals surface area (Å²) in [6.07, 6.45) is -0.377. The van der Waals surface area contributed by atoms with E-state index in [1.54, 1.807) is 23.6 Å². The molecule has 0 saturated carbocycles. The van der Waals surface area contributed by atoms with Crippen molar-refractivity contribution in [1.82, 2.24) is 9.80 Å². The molecule has 0 aliphatic rings. The van der Waals surface area contributed by atoms with Gasteiger partial charge in [0.15, 0.2) is 0 Å². The lowest BCUT2D eigenvalue weighted by atomic mass is 10.3. The van der Waals surface area contributed by atoms with Crippen molar-refractivity contribution in [2.45, 2.75) is 26.1 Å². The minimum atomic E-state index is -0.348. The van der Waals surface area contributed by atoms with Gasteiger partial charge >= 0.3 is 0 Å². The van der Waals surface area contributed by atoms with Crippen LogP contribution in [0.4, 0.5) is 0 Å². The fourth-order valence-electron chi connectivity index (χ4n) is 1.81. The average molecular weight is 296 g/mol. The standard InChI is InChI=1S/C12H28N2O6/c1-11(19-9-17)5-13(7-15)3-4-14(8-16)6-12(2)20-10-18/h11-12,15-18H,3-10H2,1-2H3. The maximum Gasteiger partial charge on any atom is 0.143 e. The first-order chi connectivity index (χ1) is 9.57. The summed E-state index contributed by atoms with van der Waals surface area (Å²) >= 11 is 0. The molecule has 0 aromatic carbocycles. The first-order valence-electron chi connectivity index (χ1n) is 6.68. The van der Waals surface area contributed by atoms with Crippen LogP contribution >= 0.6 is 0 Å². The summed E-state index contributed by atoms with van der Waals surface area (Å²) in [7, 11) is 0. The smallest absolute Gasteiger partial charge is 0.143 e. The highest BCUT2D eigenvalue weighted by atomic mass is 16.6. The van der Waals surface area contributed by atoms with Crippen LogP contribution in [0.25, 0.3) is 0 Å². The summed E-state index contributed by atoms with van der Waals surface area (Å²) < 4.78 is 9.99. The maximum absolute atomic E-state index is 9.26. The fraction of sp³-hybridized carbons (Fsp3) is 1.00. The quantitative estimate of drug-likeness (QED) is 0.295. The van der Waals surface area contributed by atoms with E-state index in [0.29, 0.717) is 26.2 Å². The first kappa shape index (κ1) is 19.7. The van der Waals surface area contributed by atoms with Crippen LogP contribution in [0.1, 0.15) is 13.8 Å². The van der Waals surface area contributed by atoms with Gasteiger partial charge in [0.25, 0.3) is 0 Å². The second-order valence-electron chi connectivity index (χ2n) is 4.65. The molecule has 8 nitrogen and oxygen atoms in total. The van der Waals surface area contributed by atoms with Crippen molar-refractivity contribution < 1.29 is 29.9 Å². The minimum Gasteiger partial charge on any atom is -0.381 e. The lowest BCUT2D eigenvalue weighted by Gasteiger charge is -2.28. The Bertz CT molecular complexity index is 200. The molecular weight excluding hydrogens is 268 g/mol. The highest BCUT2D eigenvalue weighted by molar-refractivity contribution is 4.64. The molecule has 20 heavy (non-hydrogen) atoms. The van der Waals surface area contributed by atoms with Gasteiger partial charge in [-0.05, 0) is 13.8 Å². The van der Waals surface area contributed by atoms with Gasteiger partial charge in [-0.1, -0.05) is 0 Å². The third-order valence-corrected chi connectivity index (χ3v) is 2.88. The lowest BCUT2D eigenvalue weighted by Crippen LogP contribution is -2.42. The Hall–Kier alpha value is -0.320. The second kappa shape index (κ2) is 12.4. The number of hydrogen-bond acceptors (Lipinski definition) is 8. The third kappa shape index (κ3) is 9.56. The van der Waals surface area contributed by atoms with Gasteiger partial charge in [-0.25, -0.2) is 0 Å². The average Bonchev–Trinajstić information content (AvgIpc) is 2.42. The number of nitrogens with zero attached hydrogens (tertiary/aromatic N) is 2. The molecule has 8 heteroatoms. The SMILES string of the molecule is CC(CN(CO)CCN(CO)CC(C)OCO)OCO. The molecule has 0 aromatic rings. The van der Waals surface area contributed by atoms with E-state index in [-0.39, 0.29) is 39.3 Å². The maximum atomic E-state index is 9.26. The van der Waals surface area contributed by atoms with Crippen LogP contribution in [0.5, 0.6) is 0 Å². The Morgan fingerprint density at radius 3 is 1.35 bits per heavy atom. The van der Waals surface area contributed by atoms with Crippen molar-refractivity contribution in [2.75, 3.05) is 53.2 Å². The minimum absolute atomic E-state index is 0.124. The molecule has 0 bridgehead atoms. The van der Waals surface area contributed by atoms with Crippen LogP contribution in [-0.4, -0.2) is 95.7 Å². The number of rotatable bonds is 13. The van der Waals surface area contributed by atoms with Gasteiger partial charge in [-0.15, -0.1) is 0 Å². The summed E-state index contributed by atoms with van der Waals surface area (Å²) in [6, 6.07) is 0. The highest BCUT2D eigenvalue weighted by Gasteiger charge is 2.13. The summed E-state index contributed by atoms with van der Waals surface area (Å²) in [5.41, 5.74) is 0. The van der Waals surface area contributed by atoms with Crippen molar-refractivity contribution in [1.29, 1.82) is 0 Å². The summed E-state index contributed by atoms with van der Waals surface area (Å²) in [5, 5.41) is 35.8. The monoisotopic (exact) mass is 296 g/mol. The Kier molecular flexibility index (Phi) is 12.2. The molecule has 4 N–H and O–H groups in total. The molecule has 2 atom stereocenters. The molecule has 122 valence electrons. The van der Waals surface area contributed by atoms with Gasteiger partial charge in [0.05, 0.1) is 25.7 Å². The van der Waals surface area contributed by atoms with E-state index in [9.17, 15) is 10.2 Å². The van der Waals surface area contributed by atoms with Crippen LogP contribution in [-0.2, 0) is 9.47 Å². The van der Waals surface area contributed by atoms with Crippen molar-refractivity contribution in [3.63, 3.8) is 0 Å². The zero-order valence-electron chi connectivity index (χ0n) is 12.3. The van der Waals surface area contributed by atoms with Crippen LogP contribution in [0.3, 0.4) is 0 Å². The van der Waals surface area contributed by atoms with E-state index in [0.717, 1.165) is 0 Å². The largest absolute Gasteiger partial charge is 0.381 e. The van der Waals surface area contributed by atoms with Gasteiger partial charge in [-0.2, -0.15) is 0 Å². The molecule has 0 spiro atoms. The molecule has 0 aromatic heterocycles. The molecule has 2 unspecified atom stereocenters.